The van der Waals surface area contributed by atoms with Crippen LogP contribution in [0.2, 0.25) is 0 Å². The van der Waals surface area contributed by atoms with Crippen molar-refractivity contribution < 1.29 is 4.79 Å². The molecule has 1 aliphatic heterocycles. The van der Waals surface area contributed by atoms with Gasteiger partial charge in [-0.15, -0.1) is 0 Å². The molecule has 1 aliphatic rings. The maximum absolute atomic E-state index is 12.4. The molecule has 0 bridgehead atoms. The van der Waals surface area contributed by atoms with Gasteiger partial charge in [-0.2, -0.15) is 0 Å². The summed E-state index contributed by atoms with van der Waals surface area (Å²) in [5.41, 5.74) is 3.36. The molecule has 21 heavy (non-hydrogen) atoms. The first-order valence-electron chi connectivity index (χ1n) is 7.31. The van der Waals surface area contributed by atoms with Gasteiger partial charge in [-0.3, -0.25) is 9.78 Å². The maximum atomic E-state index is 12.4. The normalized spacial score (nSPS) is 17.0. The van der Waals surface area contributed by atoms with Crippen LogP contribution in [0.25, 0.3) is 0 Å². The van der Waals surface area contributed by atoms with E-state index in [1.165, 1.54) is 5.56 Å². The lowest BCUT2D eigenvalue weighted by atomic mass is 9.90. The Balaban J connectivity index is 1.59. The Labute approximate surface area is 124 Å². The Morgan fingerprint density at radius 2 is 2.10 bits per heavy atom. The number of benzene rings is 1. The molecule has 2 aromatic rings. The third-order valence-electron chi connectivity index (χ3n) is 3.82. The fourth-order valence-electron chi connectivity index (χ4n) is 2.71. The summed E-state index contributed by atoms with van der Waals surface area (Å²) in [4.78, 5) is 16.6. The molecule has 1 amide bonds. The number of pyridine rings is 1. The van der Waals surface area contributed by atoms with Gasteiger partial charge in [0.15, 0.2) is 0 Å². The molecule has 4 heteroatoms. The van der Waals surface area contributed by atoms with Crippen LogP contribution in [0, 0.1) is 0 Å². The van der Waals surface area contributed by atoms with Gasteiger partial charge in [-0.05, 0) is 23.3 Å². The van der Waals surface area contributed by atoms with Crippen LogP contribution < -0.4 is 10.6 Å². The molecule has 1 atom stereocenters. The second kappa shape index (κ2) is 6.50. The van der Waals surface area contributed by atoms with E-state index >= 15 is 0 Å². The van der Waals surface area contributed by atoms with Crippen LogP contribution >= 0.6 is 0 Å². The van der Waals surface area contributed by atoms with Gasteiger partial charge >= 0.3 is 0 Å². The molecular weight excluding hydrogens is 262 g/mol. The van der Waals surface area contributed by atoms with Gasteiger partial charge in [0.05, 0.1) is 5.92 Å². The molecule has 1 unspecified atom stereocenters. The number of carbonyl (C=O) groups excluding carboxylic acids is 1. The molecule has 1 aromatic heterocycles. The van der Waals surface area contributed by atoms with Crippen molar-refractivity contribution in [3.05, 3.63) is 65.5 Å². The number of hydrogen-bond acceptors (Lipinski definition) is 3. The van der Waals surface area contributed by atoms with Crippen LogP contribution in [0.4, 0.5) is 0 Å². The standard InChI is InChI=1S/C17H19N3O/c21-17(20-10-8-14-6-3-4-9-19-14)16-12-18-11-13-5-1-2-7-15(13)16/h1-7,9,16,18H,8,10-12H2,(H,20,21). The minimum atomic E-state index is -0.0984. The highest BCUT2D eigenvalue weighted by molar-refractivity contribution is 5.84. The topological polar surface area (TPSA) is 54.0 Å². The second-order valence-electron chi connectivity index (χ2n) is 5.24. The van der Waals surface area contributed by atoms with E-state index in [2.05, 4.69) is 27.8 Å². The average Bonchev–Trinajstić information content (AvgIpc) is 2.55. The van der Waals surface area contributed by atoms with Crippen LogP contribution in [0.15, 0.2) is 48.7 Å². The molecule has 108 valence electrons. The molecule has 2 heterocycles. The third-order valence-corrected chi connectivity index (χ3v) is 3.82. The zero-order valence-corrected chi connectivity index (χ0v) is 11.9. The smallest absolute Gasteiger partial charge is 0.228 e. The first-order valence-corrected chi connectivity index (χ1v) is 7.31. The zero-order chi connectivity index (χ0) is 14.5. The fourth-order valence-corrected chi connectivity index (χ4v) is 2.71. The molecule has 2 N–H and O–H groups in total. The van der Waals surface area contributed by atoms with E-state index in [1.54, 1.807) is 6.20 Å². The predicted octanol–water partition coefficient (Wildman–Crippen LogP) is 1.63. The van der Waals surface area contributed by atoms with Gasteiger partial charge in [0.1, 0.15) is 0 Å². The van der Waals surface area contributed by atoms with Crippen LogP contribution in [-0.4, -0.2) is 24.0 Å². The van der Waals surface area contributed by atoms with Gasteiger partial charge < -0.3 is 10.6 Å². The summed E-state index contributed by atoms with van der Waals surface area (Å²) in [7, 11) is 0. The number of fused-ring (bicyclic) bond motifs is 1. The molecule has 0 saturated carbocycles. The van der Waals surface area contributed by atoms with Crippen molar-refractivity contribution in [2.45, 2.75) is 18.9 Å². The second-order valence-corrected chi connectivity index (χ2v) is 5.24. The van der Waals surface area contributed by atoms with Gasteiger partial charge in [0.2, 0.25) is 5.91 Å². The molecule has 3 rings (SSSR count). The van der Waals surface area contributed by atoms with Crippen molar-refractivity contribution in [3.63, 3.8) is 0 Å². The minimum Gasteiger partial charge on any atom is -0.355 e. The first-order chi connectivity index (χ1) is 10.3. The number of nitrogens with one attached hydrogen (secondary N) is 2. The summed E-state index contributed by atoms with van der Waals surface area (Å²) in [6.07, 6.45) is 2.53. The molecule has 4 nitrogen and oxygen atoms in total. The van der Waals surface area contributed by atoms with Crippen molar-refractivity contribution in [3.8, 4) is 0 Å². The quantitative estimate of drug-likeness (QED) is 0.895. The highest BCUT2D eigenvalue weighted by Crippen LogP contribution is 2.23. The molecule has 0 spiro atoms. The third kappa shape index (κ3) is 3.28. The Kier molecular flexibility index (Phi) is 4.26. The van der Waals surface area contributed by atoms with E-state index < -0.39 is 0 Å². The summed E-state index contributed by atoms with van der Waals surface area (Å²) >= 11 is 0. The maximum Gasteiger partial charge on any atom is 0.228 e. The summed E-state index contributed by atoms with van der Waals surface area (Å²) in [5, 5.41) is 6.33. The van der Waals surface area contributed by atoms with E-state index in [1.807, 2.05) is 30.3 Å². The summed E-state index contributed by atoms with van der Waals surface area (Å²) < 4.78 is 0. The number of carbonyl (C=O) groups is 1. The lowest BCUT2D eigenvalue weighted by Crippen LogP contribution is -2.39. The van der Waals surface area contributed by atoms with Gasteiger partial charge in [-0.1, -0.05) is 30.3 Å². The Morgan fingerprint density at radius 1 is 1.24 bits per heavy atom. The molecule has 1 aromatic carbocycles. The molecule has 0 saturated heterocycles. The Hall–Kier alpha value is -2.20. The molecular formula is C17H19N3O. The lowest BCUT2D eigenvalue weighted by Gasteiger charge is -2.25. The van der Waals surface area contributed by atoms with Crippen molar-refractivity contribution in [2.24, 2.45) is 0 Å². The predicted molar refractivity (Wildman–Crippen MR) is 81.8 cm³/mol. The van der Waals surface area contributed by atoms with Crippen molar-refractivity contribution in [1.82, 2.24) is 15.6 Å². The van der Waals surface area contributed by atoms with E-state index in [0.29, 0.717) is 13.1 Å². The summed E-state index contributed by atoms with van der Waals surface area (Å²) in [5.74, 6) is -0.00994. The highest BCUT2D eigenvalue weighted by atomic mass is 16.1. The molecule has 0 aliphatic carbocycles. The van der Waals surface area contributed by atoms with Crippen molar-refractivity contribution in [2.75, 3.05) is 13.1 Å². The number of amides is 1. The molecule has 0 radical (unpaired) electrons. The van der Waals surface area contributed by atoms with Gasteiger partial charge in [0, 0.05) is 37.9 Å². The lowest BCUT2D eigenvalue weighted by molar-refractivity contribution is -0.122. The zero-order valence-electron chi connectivity index (χ0n) is 11.9. The first kappa shape index (κ1) is 13.8. The van der Waals surface area contributed by atoms with E-state index in [-0.39, 0.29) is 11.8 Å². The van der Waals surface area contributed by atoms with Gasteiger partial charge in [-0.25, -0.2) is 0 Å². The largest absolute Gasteiger partial charge is 0.355 e. The van der Waals surface area contributed by atoms with E-state index in [4.69, 9.17) is 0 Å². The number of aromatic nitrogens is 1. The van der Waals surface area contributed by atoms with Crippen LogP contribution in [0.1, 0.15) is 22.7 Å². The SMILES string of the molecule is O=C(NCCc1ccccn1)C1CNCc2ccccc21. The molecule has 0 fully saturated rings. The Morgan fingerprint density at radius 3 is 2.95 bits per heavy atom. The monoisotopic (exact) mass is 281 g/mol. The minimum absolute atomic E-state index is 0.0885. The van der Waals surface area contributed by atoms with Gasteiger partial charge in [0.25, 0.3) is 0 Å². The van der Waals surface area contributed by atoms with E-state index in [0.717, 1.165) is 24.2 Å². The summed E-state index contributed by atoms with van der Waals surface area (Å²) in [6.45, 7) is 2.16. The van der Waals surface area contributed by atoms with Crippen LogP contribution in [0.5, 0.6) is 0 Å². The van der Waals surface area contributed by atoms with Crippen LogP contribution in [-0.2, 0) is 17.8 Å². The summed E-state index contributed by atoms with van der Waals surface area (Å²) in [6, 6.07) is 14.0. The number of nitrogens with zero attached hydrogens (tertiary/aromatic N) is 1. The van der Waals surface area contributed by atoms with Crippen molar-refractivity contribution in [1.29, 1.82) is 0 Å². The van der Waals surface area contributed by atoms with Crippen molar-refractivity contribution >= 4 is 5.91 Å². The van der Waals surface area contributed by atoms with E-state index in [9.17, 15) is 4.79 Å². The number of rotatable bonds is 4. The Bertz CT molecular complexity index is 612. The average molecular weight is 281 g/mol. The number of hydrogen-bond donors (Lipinski definition) is 2. The highest BCUT2D eigenvalue weighted by Gasteiger charge is 2.25. The fraction of sp³-hybridized carbons (Fsp3) is 0.294. The van der Waals surface area contributed by atoms with Crippen LogP contribution in [0.3, 0.4) is 0 Å².